The lowest BCUT2D eigenvalue weighted by atomic mass is 9.72. The zero-order chi connectivity index (χ0) is 56.0. The van der Waals surface area contributed by atoms with E-state index in [1.54, 1.807) is 25.1 Å². The molecule has 426 valence electrons. The Morgan fingerprint density at radius 1 is 0.835 bits per heavy atom. The number of nitrogens with zero attached hydrogens (tertiary/aromatic N) is 3. The number of phenols is 2. The van der Waals surface area contributed by atoms with Crippen molar-refractivity contribution in [2.75, 3.05) is 86.8 Å². The van der Waals surface area contributed by atoms with Crippen molar-refractivity contribution in [1.29, 1.82) is 0 Å². The number of hydrogen-bond donors (Lipinski definition) is 6. The molecule has 0 spiro atoms. The molecule has 9 rings (SSSR count). The molecule has 3 aliphatic heterocycles. The fourth-order valence-electron chi connectivity index (χ4n) is 10.6. The predicted octanol–water partition coefficient (Wildman–Crippen LogP) is 2.92. The van der Waals surface area contributed by atoms with Gasteiger partial charge in [0.1, 0.15) is 23.4 Å². The molecule has 5 aliphatic rings. The lowest BCUT2D eigenvalue weighted by Gasteiger charge is -2.43. The van der Waals surface area contributed by atoms with E-state index >= 15 is 0 Å². The van der Waals surface area contributed by atoms with Crippen LogP contribution in [0.3, 0.4) is 0 Å². The number of hydrazine groups is 1. The maximum absolute atomic E-state index is 14.2. The quantitative estimate of drug-likeness (QED) is 0.0237. The lowest BCUT2D eigenvalue weighted by Crippen LogP contribution is -2.57. The molecule has 1 aromatic heterocycles. The summed E-state index contributed by atoms with van der Waals surface area (Å²) in [5.41, 5.74) is 4.02. The Kier molecular flexibility index (Phi) is 19.2. The van der Waals surface area contributed by atoms with E-state index in [4.69, 9.17) is 47.4 Å². The summed E-state index contributed by atoms with van der Waals surface area (Å²) in [6.45, 7) is 4.84. The van der Waals surface area contributed by atoms with E-state index in [2.05, 4.69) is 62.9 Å². The van der Waals surface area contributed by atoms with E-state index < -0.39 is 102 Å². The van der Waals surface area contributed by atoms with Crippen LogP contribution in [-0.4, -0.2) is 189 Å². The first-order valence-corrected chi connectivity index (χ1v) is 28.0. The van der Waals surface area contributed by atoms with Crippen LogP contribution in [0.4, 0.5) is 0 Å². The van der Waals surface area contributed by atoms with E-state index in [1.807, 2.05) is 0 Å². The van der Waals surface area contributed by atoms with E-state index in [-0.39, 0.29) is 79.2 Å². The molecule has 3 amide bonds. The van der Waals surface area contributed by atoms with Gasteiger partial charge in [-0.25, -0.2) is 9.97 Å². The van der Waals surface area contributed by atoms with Crippen molar-refractivity contribution in [2.24, 2.45) is 0 Å². The van der Waals surface area contributed by atoms with Crippen LogP contribution in [0, 0.1) is 0 Å². The van der Waals surface area contributed by atoms with Gasteiger partial charge in [-0.05, 0) is 31.2 Å². The molecule has 0 radical (unpaired) electrons. The minimum atomic E-state index is -2.43. The number of halogens is 2. The van der Waals surface area contributed by atoms with Crippen molar-refractivity contribution in [3.63, 3.8) is 0 Å². The monoisotopic (exact) mass is 1230 g/mol. The first kappa shape index (κ1) is 58.3. The minimum absolute atomic E-state index is 0.0372. The van der Waals surface area contributed by atoms with Gasteiger partial charge in [0, 0.05) is 78.4 Å². The van der Waals surface area contributed by atoms with E-state index in [1.165, 1.54) is 32.4 Å². The highest BCUT2D eigenvalue weighted by Crippen LogP contribution is 2.53. The Morgan fingerprint density at radius 3 is 2.22 bits per heavy atom. The molecule has 0 bridgehead atoms. The van der Waals surface area contributed by atoms with Gasteiger partial charge in [-0.3, -0.25) is 39.7 Å². The number of methoxy groups -OCH3 is 2. The van der Waals surface area contributed by atoms with Gasteiger partial charge >= 0.3 is 0 Å². The first-order valence-electron chi connectivity index (χ1n) is 25.8. The van der Waals surface area contributed by atoms with Crippen LogP contribution in [0.5, 0.6) is 17.2 Å². The van der Waals surface area contributed by atoms with Gasteiger partial charge in [-0.2, -0.15) is 0 Å². The van der Waals surface area contributed by atoms with Crippen molar-refractivity contribution < 1.29 is 86.7 Å². The summed E-state index contributed by atoms with van der Waals surface area (Å²) in [5, 5.41) is 40.2. The summed E-state index contributed by atoms with van der Waals surface area (Å²) in [6.07, 6.45) is -5.74. The number of ketones is 2. The smallest absolute Gasteiger partial charge is 0.270 e. The standard InChI is InChI=1S/C53H62Br2N6O18/c1-27-48-35(61-11-14-76-51(71-3)50(61)79-48)22-39(77-27)78-37-24-53(69,23-30-41(37)47(66)43-42(45(30)64)44(63)29-5-4-6-36(70-2)40(29)46(43)65)52(68)60-59-38(62)9-12-72-15-17-74-19-20-75-18-16-73-13-10-56-49(67)28-7-8-31-32(21-28)58-34(26-55)33(25-54)57-31/h4-8,21,27,35,37,39,48,50-51,64,66,69H,9-20,22-26H2,1-3H3,(H,56,67)(H,59,62)(H,60,68)/t27-,35-,37-,39-,48+,50+,51-,53-/m0/s1. The Labute approximate surface area is 470 Å². The van der Waals surface area contributed by atoms with Gasteiger partial charge in [0.15, 0.2) is 30.2 Å². The number of hydrogen-bond acceptors (Lipinski definition) is 21. The van der Waals surface area contributed by atoms with Crippen molar-refractivity contribution in [3.05, 3.63) is 86.7 Å². The lowest BCUT2D eigenvalue weighted by molar-refractivity contribution is -0.256. The number of nitrogens with one attached hydrogen (secondary N) is 3. The molecule has 4 aromatic rings. The molecule has 79 heavy (non-hydrogen) atoms. The van der Waals surface area contributed by atoms with E-state index in [0.717, 1.165) is 11.4 Å². The van der Waals surface area contributed by atoms with Gasteiger partial charge in [0.2, 0.25) is 11.7 Å². The van der Waals surface area contributed by atoms with Crippen LogP contribution < -0.4 is 20.9 Å². The SMILES string of the molecule is COc1cccc2c1C(=O)c1c(O)c3c(c(O)c1C2=O)C[C@@](O)(C(=O)NNC(=O)CCOCCOCCOCCOCCNC(=O)c1ccc2nc(CBr)c(CBr)nc2c1)C[C@@H]3O[C@H]1C[C@H]2[C@H](O[C@@H]3[C@@H](OC)OCCN32)[C@H](C)O1. The molecular weight excluding hydrogens is 1170 g/mol. The van der Waals surface area contributed by atoms with Crippen LogP contribution in [0.15, 0.2) is 36.4 Å². The summed E-state index contributed by atoms with van der Waals surface area (Å²) in [6, 6.07) is 9.34. The Bertz CT molecular complexity index is 2940. The molecule has 6 N–H and O–H groups in total. The van der Waals surface area contributed by atoms with Crippen molar-refractivity contribution in [1.82, 2.24) is 31.0 Å². The molecule has 3 saturated heterocycles. The van der Waals surface area contributed by atoms with Crippen LogP contribution in [0.1, 0.15) is 97.0 Å². The number of fused-ring (bicyclic) bond motifs is 7. The van der Waals surface area contributed by atoms with Gasteiger partial charge in [-0.15, -0.1) is 0 Å². The molecule has 0 unspecified atom stereocenters. The zero-order valence-electron chi connectivity index (χ0n) is 43.6. The van der Waals surface area contributed by atoms with Crippen molar-refractivity contribution in [3.8, 4) is 17.2 Å². The highest BCUT2D eigenvalue weighted by molar-refractivity contribution is 9.09. The highest BCUT2D eigenvalue weighted by Gasteiger charge is 2.55. The average molecular weight is 1230 g/mol. The molecule has 2 aliphatic carbocycles. The molecule has 26 heteroatoms. The molecule has 3 fully saturated rings. The summed E-state index contributed by atoms with van der Waals surface area (Å²) < 4.78 is 58.1. The first-order chi connectivity index (χ1) is 38.2. The number of rotatable bonds is 23. The number of amides is 3. The number of aromatic hydroxyl groups is 2. The van der Waals surface area contributed by atoms with Crippen molar-refractivity contribution >= 4 is 72.2 Å². The second kappa shape index (κ2) is 26.1. The van der Waals surface area contributed by atoms with Crippen LogP contribution >= 0.6 is 31.9 Å². The van der Waals surface area contributed by atoms with Gasteiger partial charge < -0.3 is 68.0 Å². The van der Waals surface area contributed by atoms with Crippen molar-refractivity contribution in [2.45, 2.75) is 92.0 Å². The maximum Gasteiger partial charge on any atom is 0.270 e. The zero-order valence-corrected chi connectivity index (χ0v) is 46.8. The predicted molar refractivity (Wildman–Crippen MR) is 283 cm³/mol. The Balaban J connectivity index is 0.723. The van der Waals surface area contributed by atoms with E-state index in [9.17, 15) is 39.3 Å². The maximum atomic E-state index is 14.2. The number of benzene rings is 3. The molecule has 0 saturated carbocycles. The minimum Gasteiger partial charge on any atom is -0.507 e. The number of phenolic OH excluding ortho intramolecular Hbond substituents is 2. The molecule has 24 nitrogen and oxygen atoms in total. The number of carbonyl (C=O) groups excluding carboxylic acids is 5. The number of carbonyl (C=O) groups is 5. The number of ether oxygens (including phenoxy) is 10. The number of alkyl halides is 2. The Hall–Kier alpha value is -5.33. The molecule has 8 atom stereocenters. The average Bonchev–Trinajstić information content (AvgIpc) is 4.02. The summed E-state index contributed by atoms with van der Waals surface area (Å²) in [4.78, 5) is 79.2. The number of aromatic nitrogens is 2. The van der Waals surface area contributed by atoms with Crippen LogP contribution in [0.25, 0.3) is 11.0 Å². The van der Waals surface area contributed by atoms with Gasteiger partial charge in [0.25, 0.3) is 11.8 Å². The van der Waals surface area contributed by atoms with Crippen LogP contribution in [-0.2, 0) is 69.3 Å². The van der Waals surface area contributed by atoms with Crippen LogP contribution in [0.2, 0.25) is 0 Å². The third kappa shape index (κ3) is 12.5. The summed E-state index contributed by atoms with van der Waals surface area (Å²) in [7, 11) is 2.85. The second-order valence-corrected chi connectivity index (χ2v) is 20.4. The fourth-order valence-corrected chi connectivity index (χ4v) is 11.5. The second-order valence-electron chi connectivity index (χ2n) is 19.2. The number of morpholine rings is 1. The third-order valence-electron chi connectivity index (χ3n) is 14.4. The topological polar surface area (TPSA) is 303 Å². The largest absolute Gasteiger partial charge is 0.507 e. The highest BCUT2D eigenvalue weighted by atomic mass is 79.9. The van der Waals surface area contributed by atoms with E-state index in [0.29, 0.717) is 73.4 Å². The summed E-state index contributed by atoms with van der Waals surface area (Å²) >= 11 is 6.87. The summed E-state index contributed by atoms with van der Waals surface area (Å²) in [5.74, 6) is -4.92. The van der Waals surface area contributed by atoms with Gasteiger partial charge in [0.05, 0.1) is 124 Å². The number of aliphatic hydroxyl groups is 1. The third-order valence-corrected chi connectivity index (χ3v) is 15.4. The fraction of sp³-hybridized carbons (Fsp3) is 0.528. The molecular formula is C53H62Br2N6O18. The molecule has 4 heterocycles. The normalized spacial score (nSPS) is 24.3. The molecule has 3 aromatic carbocycles. The van der Waals surface area contributed by atoms with Gasteiger partial charge in [-0.1, -0.05) is 44.0 Å². The Morgan fingerprint density at radius 2 is 1.52 bits per heavy atom.